The van der Waals surface area contributed by atoms with Crippen molar-refractivity contribution in [2.45, 2.75) is 38.4 Å². The normalized spacial score (nSPS) is 24.1. The van der Waals surface area contributed by atoms with Crippen LogP contribution in [0, 0.1) is 5.82 Å². The highest BCUT2D eigenvalue weighted by molar-refractivity contribution is 7.91. The largest absolute Gasteiger partial charge is 0.306 e. The number of amides is 1. The van der Waals surface area contributed by atoms with E-state index in [1.54, 1.807) is 23.1 Å². The fourth-order valence-electron chi connectivity index (χ4n) is 4.33. The number of rotatable bonds is 4. The van der Waals surface area contributed by atoms with Crippen molar-refractivity contribution in [1.29, 1.82) is 0 Å². The van der Waals surface area contributed by atoms with E-state index in [0.717, 1.165) is 11.3 Å². The van der Waals surface area contributed by atoms with Crippen LogP contribution in [0.2, 0.25) is 0 Å². The number of sulfone groups is 1. The van der Waals surface area contributed by atoms with Gasteiger partial charge in [-0.15, -0.1) is 0 Å². The molecule has 154 valence electrons. The fraction of sp³-hybridized carbons (Fsp3) is 0.409. The first-order valence-corrected chi connectivity index (χ1v) is 11.7. The first-order valence-electron chi connectivity index (χ1n) is 9.85. The molecule has 0 saturated carbocycles. The van der Waals surface area contributed by atoms with E-state index >= 15 is 0 Å². The van der Waals surface area contributed by atoms with Gasteiger partial charge >= 0.3 is 0 Å². The predicted molar refractivity (Wildman–Crippen MR) is 111 cm³/mol. The first-order chi connectivity index (χ1) is 13.7. The van der Waals surface area contributed by atoms with Gasteiger partial charge in [0.2, 0.25) is 5.91 Å². The lowest BCUT2D eigenvalue weighted by Crippen LogP contribution is -2.61. The number of benzene rings is 2. The molecule has 0 unspecified atom stereocenters. The van der Waals surface area contributed by atoms with E-state index < -0.39 is 15.9 Å². The van der Waals surface area contributed by atoms with E-state index in [1.165, 1.54) is 6.07 Å². The number of carbonyl (C=O) groups is 1. The maximum Gasteiger partial charge on any atom is 0.241 e. The van der Waals surface area contributed by atoms with Gasteiger partial charge in [-0.1, -0.05) is 44.2 Å². The van der Waals surface area contributed by atoms with E-state index in [9.17, 15) is 17.6 Å². The van der Waals surface area contributed by atoms with E-state index in [0.29, 0.717) is 11.5 Å². The summed E-state index contributed by atoms with van der Waals surface area (Å²) in [5.41, 5.74) is 2.35. The maximum absolute atomic E-state index is 14.1. The first kappa shape index (κ1) is 20.0. The Bertz CT molecular complexity index is 1020. The molecule has 0 spiro atoms. The van der Waals surface area contributed by atoms with Gasteiger partial charge < -0.3 is 4.90 Å². The minimum Gasteiger partial charge on any atom is -0.306 e. The maximum atomic E-state index is 14.1. The zero-order chi connectivity index (χ0) is 20.8. The third-order valence-corrected chi connectivity index (χ3v) is 7.57. The minimum absolute atomic E-state index is 0.0139. The van der Waals surface area contributed by atoms with Crippen molar-refractivity contribution in [3.8, 4) is 0 Å². The molecule has 0 bridgehead atoms. The second kappa shape index (κ2) is 7.54. The van der Waals surface area contributed by atoms with Crippen LogP contribution in [0.1, 0.15) is 30.9 Å². The Morgan fingerprint density at radius 2 is 1.69 bits per heavy atom. The summed E-state index contributed by atoms with van der Waals surface area (Å²) < 4.78 is 39.0. The second-order valence-corrected chi connectivity index (χ2v) is 10.4. The number of fused-ring (bicyclic) bond motifs is 1. The topological polar surface area (TPSA) is 57.7 Å². The Labute approximate surface area is 171 Å². The van der Waals surface area contributed by atoms with Crippen molar-refractivity contribution in [3.63, 3.8) is 0 Å². The smallest absolute Gasteiger partial charge is 0.241 e. The van der Waals surface area contributed by atoms with Crippen LogP contribution < -0.4 is 4.90 Å². The Hall–Kier alpha value is -2.25. The summed E-state index contributed by atoms with van der Waals surface area (Å²) in [7, 11) is -3.28. The van der Waals surface area contributed by atoms with E-state index in [4.69, 9.17) is 0 Å². The summed E-state index contributed by atoms with van der Waals surface area (Å²) >= 11 is 0. The molecule has 2 heterocycles. The van der Waals surface area contributed by atoms with Gasteiger partial charge in [0.15, 0.2) is 9.84 Å². The fourth-order valence-corrected chi connectivity index (χ4v) is 6.31. The van der Waals surface area contributed by atoms with Crippen LogP contribution in [0.25, 0.3) is 0 Å². The molecule has 0 radical (unpaired) electrons. The molecule has 0 aromatic heterocycles. The summed E-state index contributed by atoms with van der Waals surface area (Å²) in [6, 6.07) is 13.4. The zero-order valence-electron chi connectivity index (χ0n) is 16.6. The molecule has 2 atom stereocenters. The van der Waals surface area contributed by atoms with E-state index in [1.807, 2.05) is 29.2 Å². The Balaban J connectivity index is 1.65. The summed E-state index contributed by atoms with van der Waals surface area (Å²) in [5, 5.41) is 0. The highest BCUT2D eigenvalue weighted by atomic mass is 32.2. The highest BCUT2D eigenvalue weighted by Crippen LogP contribution is 2.33. The van der Waals surface area contributed by atoms with Crippen molar-refractivity contribution in [3.05, 3.63) is 65.5 Å². The van der Waals surface area contributed by atoms with Crippen LogP contribution >= 0.6 is 0 Å². The monoisotopic (exact) mass is 416 g/mol. The van der Waals surface area contributed by atoms with Crippen LogP contribution in [0.3, 0.4) is 0 Å². The predicted octanol–water partition coefficient (Wildman–Crippen LogP) is 2.96. The average Bonchev–Trinajstić information content (AvgIpc) is 2.99. The highest BCUT2D eigenvalue weighted by Gasteiger charge is 2.49. The van der Waals surface area contributed by atoms with Crippen LogP contribution in [0.4, 0.5) is 10.1 Å². The molecule has 2 aliphatic rings. The molecule has 1 amide bonds. The number of nitrogens with zero attached hydrogens (tertiary/aromatic N) is 2. The van der Waals surface area contributed by atoms with Crippen LogP contribution in [-0.2, 0) is 21.2 Å². The lowest BCUT2D eigenvalue weighted by Gasteiger charge is -2.43. The summed E-state index contributed by atoms with van der Waals surface area (Å²) in [5.74, 6) is -0.207. The number of hydrogen-bond donors (Lipinski definition) is 0. The van der Waals surface area contributed by atoms with Gasteiger partial charge in [0.05, 0.1) is 24.1 Å². The third kappa shape index (κ3) is 3.94. The van der Waals surface area contributed by atoms with Gasteiger partial charge in [0, 0.05) is 23.8 Å². The van der Waals surface area contributed by atoms with Gasteiger partial charge in [-0.2, -0.15) is 0 Å². The third-order valence-electron chi connectivity index (χ3n) is 5.87. The Morgan fingerprint density at radius 1 is 1.03 bits per heavy atom. The molecule has 5 nitrogen and oxygen atoms in total. The molecule has 2 aromatic rings. The Kier molecular flexibility index (Phi) is 5.21. The summed E-state index contributed by atoms with van der Waals surface area (Å²) in [4.78, 5) is 16.5. The number of anilines is 1. The lowest BCUT2D eigenvalue weighted by atomic mass is 9.99. The van der Waals surface area contributed by atoms with Crippen molar-refractivity contribution in [2.75, 3.05) is 23.0 Å². The molecular weight excluding hydrogens is 391 g/mol. The summed E-state index contributed by atoms with van der Waals surface area (Å²) in [6.07, 6.45) is 0. The Morgan fingerprint density at radius 3 is 2.34 bits per heavy atom. The van der Waals surface area contributed by atoms with E-state index in [-0.39, 0.29) is 42.4 Å². The minimum atomic E-state index is -3.28. The van der Waals surface area contributed by atoms with Crippen molar-refractivity contribution >= 4 is 21.4 Å². The van der Waals surface area contributed by atoms with Crippen molar-refractivity contribution < 1.29 is 17.6 Å². The quantitative estimate of drug-likeness (QED) is 0.769. The van der Waals surface area contributed by atoms with Gasteiger partial charge in [0.25, 0.3) is 0 Å². The molecule has 2 saturated heterocycles. The molecule has 2 aromatic carbocycles. The molecule has 4 rings (SSSR count). The standard InChI is InChI=1S/C22H25FN2O3S/c1-15(2)16-7-9-18(10-8-16)25-21-14-29(27,28)13-20(21)24(12-22(25)26)11-17-5-3-4-6-19(17)23/h3-10,15,20-21H,11-14H2,1-2H3/t20-,21+/m0/s1. The number of piperazine rings is 1. The molecule has 2 aliphatic heterocycles. The van der Waals surface area contributed by atoms with Crippen LogP contribution in [-0.4, -0.2) is 49.4 Å². The zero-order valence-corrected chi connectivity index (χ0v) is 17.4. The van der Waals surface area contributed by atoms with Crippen LogP contribution in [0.15, 0.2) is 48.5 Å². The molecule has 0 N–H and O–H groups in total. The number of hydrogen-bond acceptors (Lipinski definition) is 4. The molecule has 7 heteroatoms. The van der Waals surface area contributed by atoms with Gasteiger partial charge in [0.1, 0.15) is 5.82 Å². The van der Waals surface area contributed by atoms with Crippen molar-refractivity contribution in [1.82, 2.24) is 4.90 Å². The SMILES string of the molecule is CC(C)c1ccc(N2C(=O)CN(Cc3ccccc3F)[C@H]3CS(=O)(=O)C[C@H]32)cc1. The lowest BCUT2D eigenvalue weighted by molar-refractivity contribution is -0.123. The second-order valence-electron chi connectivity index (χ2n) is 8.22. The molecule has 2 fully saturated rings. The van der Waals surface area contributed by atoms with Crippen molar-refractivity contribution in [2.24, 2.45) is 0 Å². The van der Waals surface area contributed by atoms with Crippen LogP contribution in [0.5, 0.6) is 0 Å². The number of halogens is 1. The molecule has 29 heavy (non-hydrogen) atoms. The average molecular weight is 417 g/mol. The molecule has 0 aliphatic carbocycles. The van der Waals surface area contributed by atoms with Gasteiger partial charge in [-0.25, -0.2) is 12.8 Å². The van der Waals surface area contributed by atoms with Gasteiger partial charge in [-0.05, 0) is 29.7 Å². The van der Waals surface area contributed by atoms with E-state index in [2.05, 4.69) is 13.8 Å². The molecular formula is C22H25FN2O3S. The van der Waals surface area contributed by atoms with Gasteiger partial charge in [-0.3, -0.25) is 9.69 Å². The summed E-state index contributed by atoms with van der Waals surface area (Å²) in [6.45, 7) is 4.48. The number of carbonyl (C=O) groups excluding carboxylic acids is 1.